The molecule has 9 atom stereocenters. The van der Waals surface area contributed by atoms with Crippen LogP contribution in [0.1, 0.15) is 51.6 Å². The molecule has 8 nitrogen and oxygen atoms in total. The summed E-state index contributed by atoms with van der Waals surface area (Å²) in [5, 5.41) is 6.29. The average molecular weight is 558 g/mol. The summed E-state index contributed by atoms with van der Waals surface area (Å²) in [6, 6.07) is 15.5. The van der Waals surface area contributed by atoms with Gasteiger partial charge in [0.1, 0.15) is 17.4 Å². The minimum absolute atomic E-state index is 0.0300. The maximum atomic E-state index is 14.4. The first-order valence-corrected chi connectivity index (χ1v) is 14.7. The van der Waals surface area contributed by atoms with Gasteiger partial charge in [-0.15, -0.1) is 0 Å². The Balaban J connectivity index is 1.34. The number of methoxy groups -OCH3 is 1. The first-order valence-electron chi connectivity index (χ1n) is 14.7. The molecule has 0 radical (unpaired) electrons. The maximum absolute atomic E-state index is 14.4. The molecule has 8 heteroatoms. The molecule has 3 fully saturated rings. The van der Waals surface area contributed by atoms with Gasteiger partial charge in [-0.25, -0.2) is 0 Å². The van der Waals surface area contributed by atoms with E-state index in [4.69, 9.17) is 9.47 Å². The fourth-order valence-electron chi connectivity index (χ4n) is 7.46. The van der Waals surface area contributed by atoms with Gasteiger partial charge >= 0.3 is 0 Å². The number of anilines is 1. The van der Waals surface area contributed by atoms with Gasteiger partial charge in [-0.1, -0.05) is 69.2 Å². The molecule has 0 unspecified atom stereocenters. The van der Waals surface area contributed by atoms with E-state index in [0.717, 1.165) is 24.8 Å². The van der Waals surface area contributed by atoms with Crippen molar-refractivity contribution < 1.29 is 23.9 Å². The third-order valence-electron chi connectivity index (χ3n) is 9.95. The predicted octanol–water partition coefficient (Wildman–Crippen LogP) is 4.49. The number of benzene rings is 2. The Hall–Kier alpha value is -3.65. The maximum Gasteiger partial charge on any atom is 0.246 e. The predicted molar refractivity (Wildman–Crippen MR) is 155 cm³/mol. The molecular formula is C33H39N3O5. The van der Waals surface area contributed by atoms with Crippen molar-refractivity contribution in [2.24, 2.45) is 23.7 Å². The SMILES string of the molecule is COc1ccc(NC(=O)[C@@H]2[C@@H]3C=C[C@]4(O3)[C@@H]2C(=O)N([C@@H](C)c2ccccc2)[C@H]4C(=O)N[C@@H]2CCC[C@H](C)[C@H]2C)cc1. The van der Waals surface area contributed by atoms with E-state index in [1.54, 1.807) is 36.3 Å². The third kappa shape index (κ3) is 4.53. The molecule has 4 aliphatic rings. The summed E-state index contributed by atoms with van der Waals surface area (Å²) in [6.07, 6.45) is 6.26. The largest absolute Gasteiger partial charge is 0.497 e. The molecule has 2 N–H and O–H groups in total. The van der Waals surface area contributed by atoms with Gasteiger partial charge in [0, 0.05) is 11.7 Å². The molecule has 3 heterocycles. The van der Waals surface area contributed by atoms with E-state index >= 15 is 0 Å². The topological polar surface area (TPSA) is 97.0 Å². The van der Waals surface area contributed by atoms with Crippen LogP contribution in [0.15, 0.2) is 66.7 Å². The number of rotatable bonds is 7. The van der Waals surface area contributed by atoms with E-state index in [1.807, 2.05) is 49.4 Å². The van der Waals surface area contributed by atoms with Gasteiger partial charge in [-0.2, -0.15) is 0 Å². The summed E-state index contributed by atoms with van der Waals surface area (Å²) in [5.41, 5.74) is 0.319. The lowest BCUT2D eigenvalue weighted by atomic mass is 9.73. The number of ether oxygens (including phenoxy) is 2. The van der Waals surface area contributed by atoms with Crippen molar-refractivity contribution in [3.05, 3.63) is 72.3 Å². The quantitative estimate of drug-likeness (QED) is 0.489. The fraction of sp³-hybridized carbons (Fsp3) is 0.485. The lowest BCUT2D eigenvalue weighted by molar-refractivity contribution is -0.144. The molecule has 2 aromatic rings. The van der Waals surface area contributed by atoms with Crippen LogP contribution in [0.4, 0.5) is 5.69 Å². The Morgan fingerprint density at radius 1 is 1.05 bits per heavy atom. The van der Waals surface area contributed by atoms with Crippen molar-refractivity contribution in [3.63, 3.8) is 0 Å². The Morgan fingerprint density at radius 2 is 1.78 bits per heavy atom. The number of carbonyl (C=O) groups excluding carboxylic acids is 3. The Kier molecular flexibility index (Phi) is 7.14. The van der Waals surface area contributed by atoms with Gasteiger partial charge in [-0.3, -0.25) is 14.4 Å². The Labute approximate surface area is 241 Å². The minimum Gasteiger partial charge on any atom is -0.497 e. The Bertz CT molecular complexity index is 1340. The van der Waals surface area contributed by atoms with Crippen LogP contribution in [0, 0.1) is 23.7 Å². The zero-order valence-corrected chi connectivity index (χ0v) is 24.1. The van der Waals surface area contributed by atoms with Gasteiger partial charge < -0.3 is 25.0 Å². The van der Waals surface area contributed by atoms with Crippen molar-refractivity contribution in [3.8, 4) is 5.75 Å². The standard InChI is InChI=1S/C33H39N3O5/c1-19-9-8-12-25(20(19)2)35-31(38)29-33-18-17-26(41-33)27(30(37)34-23-13-15-24(40-4)16-14-23)28(33)32(39)36(29)21(3)22-10-6-5-7-11-22/h5-7,10-11,13-21,25-29H,8-9,12H2,1-4H3,(H,34,37)(H,35,38)/t19-,20+,21-,25+,26-,27+,28-,29-,33-/m0/s1. The van der Waals surface area contributed by atoms with Crippen molar-refractivity contribution in [2.75, 3.05) is 12.4 Å². The number of fused-ring (bicyclic) bond motifs is 1. The number of nitrogens with zero attached hydrogens (tertiary/aromatic N) is 1. The van der Waals surface area contributed by atoms with E-state index in [1.165, 1.54) is 0 Å². The molecule has 6 rings (SSSR count). The van der Waals surface area contributed by atoms with Crippen LogP contribution in [-0.2, 0) is 19.1 Å². The van der Waals surface area contributed by atoms with Crippen LogP contribution in [-0.4, -0.2) is 53.5 Å². The minimum atomic E-state index is -1.21. The monoisotopic (exact) mass is 557 g/mol. The summed E-state index contributed by atoms with van der Waals surface area (Å²) in [6.45, 7) is 6.37. The average Bonchev–Trinajstić information content (AvgIpc) is 3.63. The second-order valence-electron chi connectivity index (χ2n) is 12.1. The lowest BCUT2D eigenvalue weighted by Crippen LogP contribution is -2.58. The fourth-order valence-corrected chi connectivity index (χ4v) is 7.46. The van der Waals surface area contributed by atoms with Crippen LogP contribution in [0.3, 0.4) is 0 Å². The zero-order valence-electron chi connectivity index (χ0n) is 24.1. The molecule has 41 heavy (non-hydrogen) atoms. The summed E-state index contributed by atoms with van der Waals surface area (Å²) in [5.74, 6) is -0.782. The highest BCUT2D eigenvalue weighted by molar-refractivity contribution is 6.03. The van der Waals surface area contributed by atoms with Crippen molar-refractivity contribution in [2.45, 2.75) is 69.9 Å². The van der Waals surface area contributed by atoms with Gasteiger partial charge in [0.2, 0.25) is 17.7 Å². The van der Waals surface area contributed by atoms with E-state index in [9.17, 15) is 14.4 Å². The van der Waals surface area contributed by atoms with E-state index in [0.29, 0.717) is 23.3 Å². The summed E-state index contributed by atoms with van der Waals surface area (Å²) in [4.78, 5) is 44.1. The van der Waals surface area contributed by atoms with E-state index < -0.39 is 29.6 Å². The first kappa shape index (κ1) is 27.5. The molecule has 2 bridgehead atoms. The number of amides is 3. The molecule has 0 aromatic heterocycles. The van der Waals surface area contributed by atoms with E-state index in [-0.39, 0.29) is 29.8 Å². The highest BCUT2D eigenvalue weighted by Crippen LogP contribution is 2.56. The molecule has 3 aliphatic heterocycles. The van der Waals surface area contributed by atoms with Crippen LogP contribution in [0.5, 0.6) is 5.75 Å². The van der Waals surface area contributed by atoms with Gasteiger partial charge in [-0.05, 0) is 55.0 Å². The van der Waals surface area contributed by atoms with Gasteiger partial charge in [0.25, 0.3) is 0 Å². The third-order valence-corrected chi connectivity index (χ3v) is 9.95. The highest BCUT2D eigenvalue weighted by Gasteiger charge is 2.73. The zero-order chi connectivity index (χ0) is 28.9. The molecule has 216 valence electrons. The van der Waals surface area contributed by atoms with Crippen LogP contribution >= 0.6 is 0 Å². The molecular weight excluding hydrogens is 518 g/mol. The molecule has 1 aliphatic carbocycles. The summed E-state index contributed by atoms with van der Waals surface area (Å²) in [7, 11) is 1.59. The lowest BCUT2D eigenvalue weighted by Gasteiger charge is -2.39. The molecule has 1 saturated carbocycles. The number of nitrogens with one attached hydrogen (secondary N) is 2. The van der Waals surface area contributed by atoms with E-state index in [2.05, 4.69) is 24.5 Å². The summed E-state index contributed by atoms with van der Waals surface area (Å²) >= 11 is 0. The summed E-state index contributed by atoms with van der Waals surface area (Å²) < 4.78 is 11.8. The van der Waals surface area contributed by atoms with Crippen molar-refractivity contribution in [1.82, 2.24) is 10.2 Å². The molecule has 2 saturated heterocycles. The van der Waals surface area contributed by atoms with Gasteiger partial charge in [0.05, 0.1) is 31.1 Å². The second-order valence-corrected chi connectivity index (χ2v) is 12.1. The number of likely N-dealkylation sites (tertiary alicyclic amines) is 1. The number of carbonyl (C=O) groups is 3. The van der Waals surface area contributed by atoms with Crippen LogP contribution in [0.2, 0.25) is 0 Å². The van der Waals surface area contributed by atoms with Crippen LogP contribution in [0.25, 0.3) is 0 Å². The van der Waals surface area contributed by atoms with Gasteiger partial charge in [0.15, 0.2) is 0 Å². The van der Waals surface area contributed by atoms with Crippen molar-refractivity contribution >= 4 is 23.4 Å². The highest BCUT2D eigenvalue weighted by atomic mass is 16.5. The molecule has 2 aromatic carbocycles. The van der Waals surface area contributed by atoms with Crippen molar-refractivity contribution in [1.29, 1.82) is 0 Å². The molecule has 1 spiro atoms. The second kappa shape index (κ2) is 10.6. The van der Waals surface area contributed by atoms with Crippen LogP contribution < -0.4 is 15.4 Å². The first-order chi connectivity index (χ1) is 19.7. The normalized spacial score (nSPS) is 34.3. The number of hydrogen-bond donors (Lipinski definition) is 2. The molecule has 3 amide bonds. The number of hydrogen-bond acceptors (Lipinski definition) is 5. The Morgan fingerprint density at radius 3 is 2.49 bits per heavy atom. The smallest absolute Gasteiger partial charge is 0.246 e.